The van der Waals surface area contributed by atoms with Crippen LogP contribution in [0.15, 0.2) is 72.2 Å². The largest absolute Gasteiger partial charge is 0.493 e. The number of nitrogens with zero attached hydrogens (tertiary/aromatic N) is 2. The number of carbonyl (C=O) groups excluding carboxylic acids is 1. The molecule has 0 fully saturated rings. The Bertz CT molecular complexity index is 1190. The fourth-order valence-corrected chi connectivity index (χ4v) is 3.58. The van der Waals surface area contributed by atoms with Crippen LogP contribution in [0, 0.1) is 0 Å². The van der Waals surface area contributed by atoms with Gasteiger partial charge >= 0.3 is 0 Å². The minimum absolute atomic E-state index is 0.225. The lowest BCUT2D eigenvalue weighted by Crippen LogP contribution is -2.13. The van der Waals surface area contributed by atoms with Gasteiger partial charge in [0, 0.05) is 17.1 Å². The molecule has 0 aliphatic heterocycles. The highest BCUT2D eigenvalue weighted by molar-refractivity contribution is 7.14. The van der Waals surface area contributed by atoms with Crippen LogP contribution >= 0.6 is 11.3 Å². The fraction of sp³-hybridized carbons (Fsp3) is 0.0870. The number of aromatic nitrogens is 2. The number of ether oxygens (including phenoxy) is 3. The zero-order valence-corrected chi connectivity index (χ0v) is 17.7. The molecule has 4 aromatic rings. The first-order valence-corrected chi connectivity index (χ1v) is 10.2. The molecule has 2 heterocycles. The third-order valence-electron chi connectivity index (χ3n) is 4.38. The van der Waals surface area contributed by atoms with Crippen molar-refractivity contribution in [3.8, 4) is 34.4 Å². The molecule has 4 rings (SSSR count). The van der Waals surface area contributed by atoms with Crippen LogP contribution in [0.4, 0.5) is 5.13 Å². The Morgan fingerprint density at radius 2 is 1.77 bits per heavy atom. The SMILES string of the molecule is COc1ccc(-c2csc(NC(=O)c3cccnc3Oc3ccccc3)n2)cc1OC. The first-order valence-electron chi connectivity index (χ1n) is 9.35. The molecule has 0 unspecified atom stereocenters. The van der Waals surface area contributed by atoms with E-state index in [1.165, 1.54) is 11.3 Å². The molecule has 2 aromatic heterocycles. The molecular formula is C23H19N3O4S. The van der Waals surface area contributed by atoms with E-state index in [4.69, 9.17) is 14.2 Å². The van der Waals surface area contributed by atoms with Gasteiger partial charge in [-0.05, 0) is 42.5 Å². The molecule has 8 heteroatoms. The van der Waals surface area contributed by atoms with Gasteiger partial charge in [0.15, 0.2) is 16.6 Å². The number of nitrogens with one attached hydrogen (secondary N) is 1. The quantitative estimate of drug-likeness (QED) is 0.428. The highest BCUT2D eigenvalue weighted by Gasteiger charge is 2.17. The first kappa shape index (κ1) is 20.4. The van der Waals surface area contributed by atoms with Crippen molar-refractivity contribution in [2.75, 3.05) is 19.5 Å². The molecule has 1 N–H and O–H groups in total. The fourth-order valence-electron chi connectivity index (χ4n) is 2.87. The van der Waals surface area contributed by atoms with Crippen molar-refractivity contribution in [2.45, 2.75) is 0 Å². The van der Waals surface area contributed by atoms with Crippen molar-refractivity contribution < 1.29 is 19.0 Å². The predicted octanol–water partition coefficient (Wildman–Crippen LogP) is 5.27. The van der Waals surface area contributed by atoms with E-state index in [1.54, 1.807) is 44.7 Å². The van der Waals surface area contributed by atoms with Crippen LogP contribution in [0.5, 0.6) is 23.1 Å². The monoisotopic (exact) mass is 433 g/mol. The van der Waals surface area contributed by atoms with E-state index >= 15 is 0 Å². The van der Waals surface area contributed by atoms with Crippen LogP contribution in [0.25, 0.3) is 11.3 Å². The molecule has 0 atom stereocenters. The molecule has 2 aromatic carbocycles. The second-order valence-corrected chi connectivity index (χ2v) is 7.19. The van der Waals surface area contributed by atoms with Crippen LogP contribution < -0.4 is 19.5 Å². The molecule has 0 aliphatic carbocycles. The Morgan fingerprint density at radius 3 is 2.55 bits per heavy atom. The Balaban J connectivity index is 1.53. The third-order valence-corrected chi connectivity index (χ3v) is 5.14. The molecule has 0 saturated carbocycles. The molecular weight excluding hydrogens is 414 g/mol. The molecule has 0 bridgehead atoms. The van der Waals surface area contributed by atoms with E-state index < -0.39 is 0 Å². The van der Waals surface area contributed by atoms with Crippen LogP contribution in [0.3, 0.4) is 0 Å². The van der Waals surface area contributed by atoms with Crippen molar-refractivity contribution in [1.29, 1.82) is 0 Å². The Kier molecular flexibility index (Phi) is 6.09. The molecule has 31 heavy (non-hydrogen) atoms. The Morgan fingerprint density at radius 1 is 0.968 bits per heavy atom. The number of amides is 1. The van der Waals surface area contributed by atoms with Gasteiger partial charge in [0.1, 0.15) is 11.3 Å². The lowest BCUT2D eigenvalue weighted by atomic mass is 10.1. The van der Waals surface area contributed by atoms with Crippen molar-refractivity contribution in [3.63, 3.8) is 0 Å². The molecule has 0 saturated heterocycles. The normalized spacial score (nSPS) is 10.4. The number of pyridine rings is 1. The molecule has 0 aliphatic rings. The summed E-state index contributed by atoms with van der Waals surface area (Å²) in [6.45, 7) is 0. The summed E-state index contributed by atoms with van der Waals surface area (Å²) in [5.74, 6) is 1.71. The summed E-state index contributed by atoms with van der Waals surface area (Å²) in [6.07, 6.45) is 1.58. The lowest BCUT2D eigenvalue weighted by Gasteiger charge is -2.09. The minimum atomic E-state index is -0.354. The second kappa shape index (κ2) is 9.27. The molecule has 0 radical (unpaired) electrons. The van der Waals surface area contributed by atoms with E-state index in [0.29, 0.717) is 33.6 Å². The lowest BCUT2D eigenvalue weighted by molar-refractivity contribution is 0.102. The van der Waals surface area contributed by atoms with Gasteiger partial charge in [0.05, 0.1) is 19.9 Å². The van der Waals surface area contributed by atoms with Crippen LogP contribution in [0.2, 0.25) is 0 Å². The van der Waals surface area contributed by atoms with Gasteiger partial charge in [0.25, 0.3) is 5.91 Å². The van der Waals surface area contributed by atoms with Crippen molar-refractivity contribution >= 4 is 22.4 Å². The minimum Gasteiger partial charge on any atom is -0.493 e. The van der Waals surface area contributed by atoms with E-state index in [-0.39, 0.29) is 11.8 Å². The van der Waals surface area contributed by atoms with Gasteiger partial charge in [0.2, 0.25) is 5.88 Å². The van der Waals surface area contributed by atoms with Gasteiger partial charge in [-0.15, -0.1) is 11.3 Å². The highest BCUT2D eigenvalue weighted by Crippen LogP contribution is 2.33. The van der Waals surface area contributed by atoms with Gasteiger partial charge in [-0.1, -0.05) is 18.2 Å². The summed E-state index contributed by atoms with van der Waals surface area (Å²) in [5.41, 5.74) is 1.88. The maximum Gasteiger partial charge on any atom is 0.262 e. The summed E-state index contributed by atoms with van der Waals surface area (Å²) in [7, 11) is 3.17. The number of benzene rings is 2. The summed E-state index contributed by atoms with van der Waals surface area (Å²) in [4.78, 5) is 21.6. The maximum absolute atomic E-state index is 12.9. The van der Waals surface area contributed by atoms with Crippen LogP contribution in [-0.2, 0) is 0 Å². The number of methoxy groups -OCH3 is 2. The van der Waals surface area contributed by atoms with Crippen LogP contribution in [0.1, 0.15) is 10.4 Å². The number of carbonyl (C=O) groups is 1. The van der Waals surface area contributed by atoms with Gasteiger partial charge in [-0.3, -0.25) is 10.1 Å². The number of anilines is 1. The van der Waals surface area contributed by atoms with Crippen molar-refractivity contribution in [3.05, 3.63) is 77.8 Å². The second-order valence-electron chi connectivity index (χ2n) is 6.33. The standard InChI is InChI=1S/C23H19N3O4S/c1-28-19-11-10-15(13-20(19)29-2)18-14-31-23(25-18)26-21(27)17-9-6-12-24-22(17)30-16-7-4-3-5-8-16/h3-14H,1-2H3,(H,25,26,27). The zero-order valence-electron chi connectivity index (χ0n) is 16.9. The number of para-hydroxylation sites is 1. The van der Waals surface area contributed by atoms with Gasteiger partial charge < -0.3 is 14.2 Å². The predicted molar refractivity (Wildman–Crippen MR) is 119 cm³/mol. The Hall–Kier alpha value is -3.91. The average molecular weight is 433 g/mol. The molecule has 7 nitrogen and oxygen atoms in total. The van der Waals surface area contributed by atoms with E-state index in [9.17, 15) is 4.79 Å². The summed E-state index contributed by atoms with van der Waals surface area (Å²) in [6, 6.07) is 18.1. The summed E-state index contributed by atoms with van der Waals surface area (Å²) in [5, 5.41) is 5.14. The van der Waals surface area contributed by atoms with E-state index in [0.717, 1.165) is 5.56 Å². The van der Waals surface area contributed by atoms with Crippen molar-refractivity contribution in [1.82, 2.24) is 9.97 Å². The van der Waals surface area contributed by atoms with Crippen LogP contribution in [-0.4, -0.2) is 30.1 Å². The van der Waals surface area contributed by atoms with Crippen molar-refractivity contribution in [2.24, 2.45) is 0 Å². The first-order chi connectivity index (χ1) is 15.2. The zero-order chi connectivity index (χ0) is 21.6. The number of hydrogen-bond donors (Lipinski definition) is 1. The van der Waals surface area contributed by atoms with E-state index in [2.05, 4.69) is 15.3 Å². The van der Waals surface area contributed by atoms with Gasteiger partial charge in [-0.2, -0.15) is 0 Å². The van der Waals surface area contributed by atoms with E-state index in [1.807, 2.05) is 41.8 Å². The average Bonchev–Trinajstić information content (AvgIpc) is 3.28. The summed E-state index contributed by atoms with van der Waals surface area (Å²) < 4.78 is 16.4. The van der Waals surface area contributed by atoms with Gasteiger partial charge in [-0.25, -0.2) is 9.97 Å². The molecule has 0 spiro atoms. The molecule has 156 valence electrons. The number of hydrogen-bond acceptors (Lipinski definition) is 7. The third kappa shape index (κ3) is 4.65. The maximum atomic E-state index is 12.9. The highest BCUT2D eigenvalue weighted by atomic mass is 32.1. The topological polar surface area (TPSA) is 82.6 Å². The Labute approximate surface area is 183 Å². The molecule has 1 amide bonds. The number of rotatable bonds is 7. The smallest absolute Gasteiger partial charge is 0.262 e. The summed E-state index contributed by atoms with van der Waals surface area (Å²) >= 11 is 1.32. The number of thiazole rings is 1.